The summed E-state index contributed by atoms with van der Waals surface area (Å²) in [5.74, 6) is 1.36. The van der Waals surface area contributed by atoms with E-state index in [1.165, 1.54) is 24.2 Å². The fourth-order valence-corrected chi connectivity index (χ4v) is 3.85. The minimum absolute atomic E-state index is 0.0554. The van der Waals surface area contributed by atoms with E-state index in [1.54, 1.807) is 11.1 Å². The van der Waals surface area contributed by atoms with Crippen LogP contribution in [0.4, 0.5) is 0 Å². The Morgan fingerprint density at radius 3 is 2.58 bits per heavy atom. The van der Waals surface area contributed by atoms with Crippen LogP contribution in [-0.2, 0) is 22.6 Å². The van der Waals surface area contributed by atoms with E-state index >= 15 is 0 Å². The van der Waals surface area contributed by atoms with Crippen LogP contribution >= 0.6 is 11.8 Å². The molecule has 1 atom stereocenters. The first-order valence-corrected chi connectivity index (χ1v) is 9.58. The number of aromatic nitrogens is 1. The normalized spacial score (nSPS) is 16.8. The largest absolute Gasteiger partial charge is 0.439 e. The molecule has 0 radical (unpaired) electrons. The number of aryl methyl sites for hydroxylation is 1. The summed E-state index contributed by atoms with van der Waals surface area (Å²) in [6.45, 7) is 4.76. The summed E-state index contributed by atoms with van der Waals surface area (Å²) < 4.78 is 5.75. The lowest BCUT2D eigenvalue weighted by Gasteiger charge is -2.16. The van der Waals surface area contributed by atoms with Crippen molar-refractivity contribution in [3.05, 3.63) is 53.7 Å². The molecule has 0 N–H and O–H groups in total. The molecule has 1 amide bonds. The fourth-order valence-electron chi connectivity index (χ4n) is 2.90. The second-order valence-electron chi connectivity index (χ2n) is 6.31. The number of benzene rings is 1. The molecule has 3 rings (SSSR count). The van der Waals surface area contributed by atoms with E-state index in [0.717, 1.165) is 17.7 Å². The summed E-state index contributed by atoms with van der Waals surface area (Å²) in [6, 6.07) is 11.7. The van der Waals surface area contributed by atoms with Crippen molar-refractivity contribution >= 4 is 22.8 Å². The van der Waals surface area contributed by atoms with Crippen molar-refractivity contribution in [2.45, 2.75) is 38.5 Å². The number of hydrogen-bond acceptors (Lipinski definition) is 5. The number of nitrogens with zero attached hydrogens (tertiary/aromatic N) is 2. The lowest BCUT2D eigenvalue weighted by atomic mass is 10.2. The fraction of sp³-hybridized carbons (Fsp3) is 0.350. The minimum atomic E-state index is 0.0554. The number of ether oxygens (including phenoxy) is 1. The van der Waals surface area contributed by atoms with Crippen molar-refractivity contribution in [2.75, 3.05) is 6.54 Å². The predicted molar refractivity (Wildman–Crippen MR) is 102 cm³/mol. The smallest absolute Gasteiger partial charge is 0.224 e. The van der Waals surface area contributed by atoms with Crippen molar-refractivity contribution in [2.24, 2.45) is 0 Å². The Morgan fingerprint density at radius 1 is 1.23 bits per heavy atom. The molecule has 136 valence electrons. The van der Waals surface area contributed by atoms with Crippen molar-refractivity contribution < 1.29 is 14.3 Å². The SMILES string of the molecule is CCc1ccc(Oc2ccc(CN3C[C@H](SC(C)=O)CC3=O)cn2)cc1. The quantitative estimate of drug-likeness (QED) is 0.774. The molecule has 0 saturated carbocycles. The summed E-state index contributed by atoms with van der Waals surface area (Å²) in [7, 11) is 0. The Bertz CT molecular complexity index is 775. The van der Waals surface area contributed by atoms with E-state index in [0.29, 0.717) is 25.4 Å². The number of thioether (sulfide) groups is 1. The third-order valence-corrected chi connectivity index (χ3v) is 5.22. The molecule has 0 unspecified atom stereocenters. The molecule has 5 nitrogen and oxygen atoms in total. The Kier molecular flexibility index (Phi) is 5.93. The third kappa shape index (κ3) is 4.85. The van der Waals surface area contributed by atoms with Crippen LogP contribution < -0.4 is 4.74 Å². The van der Waals surface area contributed by atoms with Crippen molar-refractivity contribution in [1.29, 1.82) is 0 Å². The molecule has 26 heavy (non-hydrogen) atoms. The van der Waals surface area contributed by atoms with E-state index in [9.17, 15) is 9.59 Å². The van der Waals surface area contributed by atoms with Gasteiger partial charge in [-0.15, -0.1) is 0 Å². The van der Waals surface area contributed by atoms with Crippen LogP contribution in [0.3, 0.4) is 0 Å². The van der Waals surface area contributed by atoms with Gasteiger partial charge in [0.05, 0.1) is 0 Å². The van der Waals surface area contributed by atoms with Gasteiger partial charge < -0.3 is 9.64 Å². The third-order valence-electron chi connectivity index (χ3n) is 4.24. The predicted octanol–water partition coefficient (Wildman–Crippen LogP) is 3.82. The number of amides is 1. The average Bonchev–Trinajstić information content (AvgIpc) is 2.95. The van der Waals surface area contributed by atoms with Crippen LogP contribution in [0.1, 0.15) is 31.4 Å². The molecule has 2 aromatic rings. The number of hydrogen-bond donors (Lipinski definition) is 0. The van der Waals surface area contributed by atoms with Gasteiger partial charge in [0.25, 0.3) is 0 Å². The molecule has 1 aromatic carbocycles. The monoisotopic (exact) mass is 370 g/mol. The Hall–Kier alpha value is -2.34. The van der Waals surface area contributed by atoms with Crippen LogP contribution in [-0.4, -0.2) is 32.7 Å². The highest BCUT2D eigenvalue weighted by Gasteiger charge is 2.30. The van der Waals surface area contributed by atoms with Gasteiger partial charge in [-0.25, -0.2) is 4.98 Å². The molecule has 0 spiro atoms. The number of pyridine rings is 1. The summed E-state index contributed by atoms with van der Waals surface area (Å²) >= 11 is 1.25. The molecule has 1 fully saturated rings. The zero-order valence-corrected chi connectivity index (χ0v) is 15.8. The molecule has 2 heterocycles. The van der Waals surface area contributed by atoms with Crippen LogP contribution in [0.5, 0.6) is 11.6 Å². The number of carbonyl (C=O) groups excluding carboxylic acids is 2. The van der Waals surface area contributed by atoms with Gasteiger partial charge in [-0.2, -0.15) is 0 Å². The average molecular weight is 370 g/mol. The van der Waals surface area contributed by atoms with Crippen LogP contribution in [0.2, 0.25) is 0 Å². The number of likely N-dealkylation sites (tertiary alicyclic amines) is 1. The van der Waals surface area contributed by atoms with E-state index in [2.05, 4.69) is 11.9 Å². The second kappa shape index (κ2) is 8.36. The molecule has 1 aliphatic heterocycles. The molecule has 0 aliphatic carbocycles. The van der Waals surface area contributed by atoms with E-state index in [4.69, 9.17) is 4.74 Å². The zero-order valence-electron chi connectivity index (χ0n) is 15.0. The highest BCUT2D eigenvalue weighted by molar-refractivity contribution is 8.14. The molecule has 1 aliphatic rings. The van der Waals surface area contributed by atoms with Gasteiger partial charge >= 0.3 is 0 Å². The van der Waals surface area contributed by atoms with Crippen LogP contribution in [0.15, 0.2) is 42.6 Å². The Morgan fingerprint density at radius 2 is 1.96 bits per heavy atom. The first-order valence-electron chi connectivity index (χ1n) is 8.70. The summed E-state index contributed by atoms with van der Waals surface area (Å²) in [5, 5.41) is 0.112. The zero-order chi connectivity index (χ0) is 18.5. The van der Waals surface area contributed by atoms with Crippen LogP contribution in [0.25, 0.3) is 0 Å². The van der Waals surface area contributed by atoms with Gasteiger partial charge in [0.15, 0.2) is 5.12 Å². The second-order valence-corrected chi connectivity index (χ2v) is 7.79. The highest BCUT2D eigenvalue weighted by atomic mass is 32.2. The Balaban J connectivity index is 1.57. The highest BCUT2D eigenvalue weighted by Crippen LogP contribution is 2.26. The molecular formula is C20H22N2O3S. The molecule has 6 heteroatoms. The molecule has 1 aromatic heterocycles. The van der Waals surface area contributed by atoms with Gasteiger partial charge in [-0.1, -0.05) is 36.9 Å². The van der Waals surface area contributed by atoms with Gasteiger partial charge in [-0.05, 0) is 29.7 Å². The lowest BCUT2D eigenvalue weighted by molar-refractivity contribution is -0.128. The lowest BCUT2D eigenvalue weighted by Crippen LogP contribution is -2.25. The van der Waals surface area contributed by atoms with E-state index < -0.39 is 0 Å². The molecule has 1 saturated heterocycles. The molecule has 0 bridgehead atoms. The minimum Gasteiger partial charge on any atom is -0.439 e. The van der Waals surface area contributed by atoms with Crippen LogP contribution in [0, 0.1) is 0 Å². The maximum absolute atomic E-state index is 12.1. The number of rotatable bonds is 6. The molecular weight excluding hydrogens is 348 g/mol. The maximum atomic E-state index is 12.1. The van der Waals surface area contributed by atoms with Gasteiger partial charge in [0.2, 0.25) is 11.8 Å². The number of carbonyl (C=O) groups is 2. The van der Waals surface area contributed by atoms with E-state index in [1.807, 2.05) is 36.4 Å². The van der Waals surface area contributed by atoms with Crippen molar-refractivity contribution in [3.63, 3.8) is 0 Å². The summed E-state index contributed by atoms with van der Waals surface area (Å²) in [4.78, 5) is 29.4. The first-order chi connectivity index (χ1) is 12.5. The first kappa shape index (κ1) is 18.5. The maximum Gasteiger partial charge on any atom is 0.224 e. The van der Waals surface area contributed by atoms with Gasteiger partial charge in [0.1, 0.15) is 5.75 Å². The summed E-state index contributed by atoms with van der Waals surface area (Å²) in [5.41, 5.74) is 2.21. The van der Waals surface area contributed by atoms with Gasteiger partial charge in [-0.3, -0.25) is 9.59 Å². The van der Waals surface area contributed by atoms with Crippen molar-refractivity contribution in [3.8, 4) is 11.6 Å². The van der Waals surface area contributed by atoms with E-state index in [-0.39, 0.29) is 16.3 Å². The van der Waals surface area contributed by atoms with Crippen molar-refractivity contribution in [1.82, 2.24) is 9.88 Å². The standard InChI is InChI=1S/C20H22N2O3S/c1-3-15-4-7-17(8-5-15)25-19-9-6-16(11-21-19)12-22-13-18(10-20(22)24)26-14(2)23/h4-9,11,18H,3,10,12-13H2,1-2H3/t18-/m1/s1. The summed E-state index contributed by atoms with van der Waals surface area (Å²) in [6.07, 6.45) is 3.15. The topological polar surface area (TPSA) is 59.5 Å². The Labute approximate surface area is 157 Å². The van der Waals surface area contributed by atoms with Gasteiger partial charge in [0, 0.05) is 43.9 Å².